The molecule has 1 aromatic heterocycles. The highest BCUT2D eigenvalue weighted by Gasteiger charge is 2.11. The highest BCUT2D eigenvalue weighted by Crippen LogP contribution is 2.36. The summed E-state index contributed by atoms with van der Waals surface area (Å²) in [7, 11) is 1.37. The molecule has 168 valence electrons. The Morgan fingerprint density at radius 1 is 0.941 bits per heavy atom. The smallest absolute Gasteiger partial charge is 0.337 e. The van der Waals surface area contributed by atoms with Gasteiger partial charge in [-0.15, -0.1) is 11.3 Å². The summed E-state index contributed by atoms with van der Waals surface area (Å²) >= 11 is 5.36. The van der Waals surface area contributed by atoms with Gasteiger partial charge in [0.25, 0.3) is 0 Å². The van der Waals surface area contributed by atoms with Crippen molar-refractivity contribution in [3.05, 3.63) is 106 Å². The number of methoxy groups -OCH3 is 1. The molecule has 1 heterocycles. The number of fused-ring (bicyclic) bond motifs is 1. The highest BCUT2D eigenvalue weighted by atomic mass is 79.9. The number of nitrogens with zero attached hydrogens (tertiary/aromatic N) is 1. The Labute approximate surface area is 209 Å². The van der Waals surface area contributed by atoms with Crippen LogP contribution in [0.15, 0.2) is 94.8 Å². The number of hydrogen-bond acceptors (Lipinski definition) is 5. The van der Waals surface area contributed by atoms with Gasteiger partial charge in [0.2, 0.25) is 0 Å². The summed E-state index contributed by atoms with van der Waals surface area (Å²) < 4.78 is 11.7. The third kappa shape index (κ3) is 4.60. The second-order valence-corrected chi connectivity index (χ2v) is 9.35. The first-order valence-corrected chi connectivity index (χ1v) is 12.3. The summed E-state index contributed by atoms with van der Waals surface area (Å²) in [4.78, 5) is 16.4. The van der Waals surface area contributed by atoms with E-state index in [-0.39, 0.29) is 5.97 Å². The first-order valence-electron chi connectivity index (χ1n) is 10.7. The number of esters is 1. The van der Waals surface area contributed by atoms with Gasteiger partial charge in [-0.2, -0.15) is 0 Å². The van der Waals surface area contributed by atoms with Crippen LogP contribution in [0.2, 0.25) is 0 Å². The van der Waals surface area contributed by atoms with Crippen molar-refractivity contribution in [2.75, 3.05) is 7.11 Å². The van der Waals surface area contributed by atoms with Crippen molar-refractivity contribution in [3.8, 4) is 27.6 Å². The summed E-state index contributed by atoms with van der Waals surface area (Å²) in [6, 6.07) is 27.8. The molecule has 0 aliphatic carbocycles. The molecule has 0 fully saturated rings. The molecule has 34 heavy (non-hydrogen) atoms. The number of aromatic nitrogens is 1. The van der Waals surface area contributed by atoms with Gasteiger partial charge in [-0.1, -0.05) is 60.7 Å². The number of thiazole rings is 1. The molecule has 0 unspecified atom stereocenters. The number of carbonyl (C=O) groups is 1. The highest BCUT2D eigenvalue weighted by molar-refractivity contribution is 9.10. The van der Waals surface area contributed by atoms with E-state index in [1.54, 1.807) is 23.5 Å². The molecule has 0 N–H and O–H groups in total. The number of carbonyl (C=O) groups excluding carboxylic acids is 1. The fraction of sp³-hybridized carbons (Fsp3) is 0.0714. The van der Waals surface area contributed by atoms with Gasteiger partial charge in [0, 0.05) is 16.5 Å². The van der Waals surface area contributed by atoms with Gasteiger partial charge in [0.1, 0.15) is 17.4 Å². The van der Waals surface area contributed by atoms with Crippen LogP contribution in [0.5, 0.6) is 5.75 Å². The maximum atomic E-state index is 11.6. The Hall–Kier alpha value is -3.48. The summed E-state index contributed by atoms with van der Waals surface area (Å²) in [6.07, 6.45) is 0. The average molecular weight is 530 g/mol. The van der Waals surface area contributed by atoms with E-state index in [9.17, 15) is 4.79 Å². The monoisotopic (exact) mass is 529 g/mol. The molecular formula is C28H20BrNO3S. The molecule has 6 heteroatoms. The minimum absolute atomic E-state index is 0.349. The summed E-state index contributed by atoms with van der Waals surface area (Å²) in [6.45, 7) is 0.394. The fourth-order valence-corrected chi connectivity index (χ4v) is 5.12. The quantitative estimate of drug-likeness (QED) is 0.211. The second kappa shape index (κ2) is 9.79. The number of halogens is 1. The van der Waals surface area contributed by atoms with Gasteiger partial charge in [0.05, 0.1) is 22.8 Å². The lowest BCUT2D eigenvalue weighted by Crippen LogP contribution is -2.02. The van der Waals surface area contributed by atoms with Gasteiger partial charge in [-0.25, -0.2) is 9.78 Å². The topological polar surface area (TPSA) is 48.4 Å². The van der Waals surface area contributed by atoms with Crippen LogP contribution in [-0.2, 0) is 11.3 Å². The number of hydrogen-bond donors (Lipinski definition) is 0. The number of rotatable bonds is 6. The third-order valence-corrected chi connectivity index (χ3v) is 7.22. The molecule has 0 aliphatic rings. The van der Waals surface area contributed by atoms with E-state index in [0.717, 1.165) is 48.4 Å². The first kappa shape index (κ1) is 22.3. The molecule has 0 saturated carbocycles. The van der Waals surface area contributed by atoms with Crippen LogP contribution in [0.4, 0.5) is 0 Å². The van der Waals surface area contributed by atoms with Crippen LogP contribution >= 0.6 is 27.3 Å². The van der Waals surface area contributed by atoms with E-state index in [4.69, 9.17) is 14.5 Å². The molecule has 0 radical (unpaired) electrons. The molecule has 0 bridgehead atoms. The Morgan fingerprint density at radius 2 is 1.74 bits per heavy atom. The molecular weight excluding hydrogens is 510 g/mol. The molecule has 0 atom stereocenters. The van der Waals surface area contributed by atoms with Gasteiger partial charge >= 0.3 is 5.97 Å². The second-order valence-electron chi connectivity index (χ2n) is 7.69. The molecule has 0 amide bonds. The Bertz CT molecular complexity index is 1460. The van der Waals surface area contributed by atoms with Crippen LogP contribution < -0.4 is 4.74 Å². The van der Waals surface area contributed by atoms with Gasteiger partial charge in [0.15, 0.2) is 0 Å². The zero-order chi connectivity index (χ0) is 23.5. The standard InChI is InChI=1S/C28H20BrNO3S/c1-32-28(31)20-9-7-18(8-10-20)16-33-25-14-12-21-15-22(11-13-23(21)26(25)29)24-17-34-27(30-24)19-5-3-2-4-6-19/h2-15,17H,16H2,1H3. The Kier molecular flexibility index (Phi) is 6.43. The molecule has 0 aliphatic heterocycles. The fourth-order valence-electron chi connectivity index (χ4n) is 3.68. The van der Waals surface area contributed by atoms with Crippen molar-refractivity contribution in [2.24, 2.45) is 0 Å². The van der Waals surface area contributed by atoms with E-state index < -0.39 is 0 Å². The summed E-state index contributed by atoms with van der Waals surface area (Å²) in [5.74, 6) is 0.412. The normalized spacial score (nSPS) is 10.9. The minimum Gasteiger partial charge on any atom is -0.488 e. The largest absolute Gasteiger partial charge is 0.488 e. The van der Waals surface area contributed by atoms with Crippen LogP contribution in [0.25, 0.3) is 32.6 Å². The molecule has 0 spiro atoms. The van der Waals surface area contributed by atoms with Crippen molar-refractivity contribution in [2.45, 2.75) is 6.61 Å². The maximum Gasteiger partial charge on any atom is 0.337 e. The number of benzene rings is 4. The predicted molar refractivity (Wildman–Crippen MR) is 140 cm³/mol. The molecule has 5 rings (SSSR count). The Morgan fingerprint density at radius 3 is 2.50 bits per heavy atom. The van der Waals surface area contributed by atoms with E-state index in [0.29, 0.717) is 12.2 Å². The average Bonchev–Trinajstić information content (AvgIpc) is 3.39. The van der Waals surface area contributed by atoms with E-state index in [1.807, 2.05) is 36.4 Å². The number of ether oxygens (including phenoxy) is 2. The third-order valence-electron chi connectivity index (χ3n) is 5.51. The van der Waals surface area contributed by atoms with Crippen molar-refractivity contribution >= 4 is 44.0 Å². The first-order chi connectivity index (χ1) is 16.6. The SMILES string of the molecule is COC(=O)c1ccc(COc2ccc3cc(-c4csc(-c5ccccc5)n4)ccc3c2Br)cc1. The zero-order valence-electron chi connectivity index (χ0n) is 18.3. The van der Waals surface area contributed by atoms with Crippen LogP contribution in [-0.4, -0.2) is 18.1 Å². The lowest BCUT2D eigenvalue weighted by Gasteiger charge is -2.11. The van der Waals surface area contributed by atoms with Gasteiger partial charge in [-0.05, 0) is 56.5 Å². The Balaban J connectivity index is 1.34. The van der Waals surface area contributed by atoms with Crippen molar-refractivity contribution in [1.82, 2.24) is 4.98 Å². The van der Waals surface area contributed by atoms with Crippen LogP contribution in [0.1, 0.15) is 15.9 Å². The van der Waals surface area contributed by atoms with Gasteiger partial charge < -0.3 is 9.47 Å². The summed E-state index contributed by atoms with van der Waals surface area (Å²) in [5.41, 5.74) is 4.66. The maximum absolute atomic E-state index is 11.6. The molecule has 0 saturated heterocycles. The zero-order valence-corrected chi connectivity index (χ0v) is 20.7. The van der Waals surface area contributed by atoms with Crippen molar-refractivity contribution < 1.29 is 14.3 Å². The van der Waals surface area contributed by atoms with E-state index in [1.165, 1.54) is 7.11 Å². The van der Waals surface area contributed by atoms with Crippen LogP contribution in [0.3, 0.4) is 0 Å². The molecule has 4 aromatic carbocycles. The van der Waals surface area contributed by atoms with E-state index in [2.05, 4.69) is 57.7 Å². The minimum atomic E-state index is -0.349. The molecule has 4 nitrogen and oxygen atoms in total. The lowest BCUT2D eigenvalue weighted by atomic mass is 10.1. The summed E-state index contributed by atoms with van der Waals surface area (Å²) in [5, 5.41) is 5.29. The lowest BCUT2D eigenvalue weighted by molar-refractivity contribution is 0.0600. The van der Waals surface area contributed by atoms with Crippen molar-refractivity contribution in [3.63, 3.8) is 0 Å². The van der Waals surface area contributed by atoms with Crippen molar-refractivity contribution in [1.29, 1.82) is 0 Å². The van der Waals surface area contributed by atoms with Crippen LogP contribution in [0, 0.1) is 0 Å². The van der Waals surface area contributed by atoms with E-state index >= 15 is 0 Å². The van der Waals surface area contributed by atoms with Gasteiger partial charge in [-0.3, -0.25) is 0 Å². The predicted octanol–water partition coefficient (Wildman–Crippen LogP) is 7.76. The molecule has 5 aromatic rings.